The van der Waals surface area contributed by atoms with Crippen LogP contribution in [0.2, 0.25) is 25.7 Å². The number of halogens is 2. The summed E-state index contributed by atoms with van der Waals surface area (Å²) in [5, 5.41) is 0. The zero-order valence-corrected chi connectivity index (χ0v) is 15.6. The first-order chi connectivity index (χ1) is 10.8. The molecular formula is C16H27F2N3OSi. The monoisotopic (exact) mass is 343 g/mol. The van der Waals surface area contributed by atoms with Gasteiger partial charge < -0.3 is 9.30 Å². The number of hydrogen-bond donors (Lipinski definition) is 0. The van der Waals surface area contributed by atoms with Crippen LogP contribution in [0.15, 0.2) is 17.3 Å². The molecule has 0 aliphatic carbocycles. The molecule has 4 nitrogen and oxygen atoms in total. The van der Waals surface area contributed by atoms with E-state index >= 15 is 0 Å². The molecule has 0 aromatic carbocycles. The quantitative estimate of drug-likeness (QED) is 0.384. The van der Waals surface area contributed by atoms with Gasteiger partial charge in [0.05, 0.1) is 12.1 Å². The molecule has 0 saturated carbocycles. The first-order valence-electron chi connectivity index (χ1n) is 7.77. The van der Waals surface area contributed by atoms with E-state index in [0.29, 0.717) is 24.9 Å². The molecule has 1 rings (SSSR count). The number of aliphatic imine (C=N–C) groups is 1. The van der Waals surface area contributed by atoms with Gasteiger partial charge in [-0.25, -0.2) is 13.8 Å². The fourth-order valence-corrected chi connectivity index (χ4v) is 2.75. The molecule has 130 valence electrons. The van der Waals surface area contributed by atoms with Crippen LogP contribution in [-0.2, 0) is 17.9 Å². The molecule has 1 heterocycles. The summed E-state index contributed by atoms with van der Waals surface area (Å²) >= 11 is 0. The highest BCUT2D eigenvalue weighted by Crippen LogP contribution is 2.16. The molecule has 0 bridgehead atoms. The molecule has 0 radical (unpaired) electrons. The molecule has 23 heavy (non-hydrogen) atoms. The first kappa shape index (κ1) is 19.7. The standard InChI is InChI=1S/C16H27F2N3OSi/c1-6-13(10-19-2)16-20-14(9-15(17)18)11-21(16)12-22-7-8-23(3,4)5/h6,10-11,15H,7-9,12H2,1-5H3. The average molecular weight is 343 g/mol. The Bertz CT molecular complexity index is 548. The van der Waals surface area contributed by atoms with Gasteiger partial charge in [0.15, 0.2) is 0 Å². The largest absolute Gasteiger partial charge is 0.361 e. The lowest BCUT2D eigenvalue weighted by Gasteiger charge is -2.16. The molecule has 0 fully saturated rings. The van der Waals surface area contributed by atoms with Crippen LogP contribution >= 0.6 is 0 Å². The van der Waals surface area contributed by atoms with Crippen molar-refractivity contribution < 1.29 is 13.5 Å². The molecule has 1 aromatic heterocycles. The number of alkyl halides is 2. The number of imidazole rings is 1. The highest BCUT2D eigenvalue weighted by molar-refractivity contribution is 6.76. The molecule has 0 spiro atoms. The lowest BCUT2D eigenvalue weighted by atomic mass is 10.2. The molecular weight excluding hydrogens is 316 g/mol. The van der Waals surface area contributed by atoms with E-state index in [1.807, 2.05) is 13.0 Å². The maximum absolute atomic E-state index is 12.6. The van der Waals surface area contributed by atoms with E-state index in [0.717, 1.165) is 11.6 Å². The van der Waals surface area contributed by atoms with Gasteiger partial charge in [-0.2, -0.15) is 0 Å². The van der Waals surface area contributed by atoms with Crippen molar-refractivity contribution in [2.45, 2.75) is 52.2 Å². The van der Waals surface area contributed by atoms with Gasteiger partial charge in [-0.1, -0.05) is 25.7 Å². The Kier molecular flexibility index (Phi) is 7.77. The Labute approximate surface area is 138 Å². The van der Waals surface area contributed by atoms with Crippen LogP contribution in [-0.4, -0.2) is 43.9 Å². The number of nitrogens with zero attached hydrogens (tertiary/aromatic N) is 3. The van der Waals surface area contributed by atoms with Crippen LogP contribution in [0, 0.1) is 0 Å². The predicted octanol–water partition coefficient (Wildman–Crippen LogP) is 4.11. The van der Waals surface area contributed by atoms with Crippen LogP contribution in [0.25, 0.3) is 5.57 Å². The molecule has 0 aliphatic heterocycles. The topological polar surface area (TPSA) is 39.4 Å². The zero-order valence-electron chi connectivity index (χ0n) is 14.6. The maximum Gasteiger partial charge on any atom is 0.244 e. The highest BCUT2D eigenvalue weighted by Gasteiger charge is 2.15. The summed E-state index contributed by atoms with van der Waals surface area (Å²) in [5.74, 6) is 0.613. The summed E-state index contributed by atoms with van der Waals surface area (Å²) in [6.45, 7) is 9.71. The van der Waals surface area contributed by atoms with E-state index in [4.69, 9.17) is 4.74 Å². The zero-order chi connectivity index (χ0) is 17.5. The molecule has 0 N–H and O–H groups in total. The third-order valence-corrected chi connectivity index (χ3v) is 4.96. The van der Waals surface area contributed by atoms with Gasteiger partial charge in [0.25, 0.3) is 0 Å². The van der Waals surface area contributed by atoms with Crippen molar-refractivity contribution in [1.29, 1.82) is 0 Å². The summed E-state index contributed by atoms with van der Waals surface area (Å²) in [5.41, 5.74) is 1.16. The van der Waals surface area contributed by atoms with Gasteiger partial charge in [-0.3, -0.25) is 4.99 Å². The number of ether oxygens (including phenoxy) is 1. The number of rotatable bonds is 9. The van der Waals surface area contributed by atoms with Gasteiger partial charge in [0.2, 0.25) is 6.43 Å². The second-order valence-corrected chi connectivity index (χ2v) is 12.2. The lowest BCUT2D eigenvalue weighted by Crippen LogP contribution is -2.22. The smallest absolute Gasteiger partial charge is 0.244 e. The Morgan fingerprint density at radius 3 is 2.65 bits per heavy atom. The summed E-state index contributed by atoms with van der Waals surface area (Å²) in [4.78, 5) is 8.31. The SMILES string of the molecule is CC=C(C=NC)c1nc(CC(F)F)cn1COCC[Si](C)(C)C. The second-order valence-electron chi connectivity index (χ2n) is 6.60. The van der Waals surface area contributed by atoms with E-state index < -0.39 is 14.5 Å². The van der Waals surface area contributed by atoms with Crippen molar-refractivity contribution in [3.05, 3.63) is 23.8 Å². The maximum atomic E-state index is 12.6. The summed E-state index contributed by atoms with van der Waals surface area (Å²) < 4.78 is 32.7. The van der Waals surface area contributed by atoms with Crippen LogP contribution in [0.3, 0.4) is 0 Å². The van der Waals surface area contributed by atoms with Crippen molar-refractivity contribution in [2.75, 3.05) is 13.7 Å². The predicted molar refractivity (Wildman–Crippen MR) is 94.1 cm³/mol. The Morgan fingerprint density at radius 1 is 1.43 bits per heavy atom. The van der Waals surface area contributed by atoms with Crippen LogP contribution in [0.5, 0.6) is 0 Å². The molecule has 0 atom stereocenters. The molecule has 0 aliphatic rings. The third kappa shape index (κ3) is 7.17. The van der Waals surface area contributed by atoms with Crippen LogP contribution in [0.1, 0.15) is 18.4 Å². The van der Waals surface area contributed by atoms with E-state index in [2.05, 4.69) is 29.6 Å². The van der Waals surface area contributed by atoms with Crippen LogP contribution in [0.4, 0.5) is 8.78 Å². The number of hydrogen-bond acceptors (Lipinski definition) is 3. The molecule has 7 heteroatoms. The molecule has 0 unspecified atom stereocenters. The minimum atomic E-state index is -2.41. The summed E-state index contributed by atoms with van der Waals surface area (Å²) in [7, 11) is 0.519. The van der Waals surface area contributed by atoms with Gasteiger partial charge in [0, 0.05) is 39.7 Å². The fourth-order valence-electron chi connectivity index (χ4n) is 2.00. The van der Waals surface area contributed by atoms with E-state index in [1.165, 1.54) is 0 Å². The van der Waals surface area contributed by atoms with E-state index in [-0.39, 0.29) is 6.42 Å². The van der Waals surface area contributed by atoms with Gasteiger partial charge in [-0.05, 0) is 13.0 Å². The van der Waals surface area contributed by atoms with Crippen molar-refractivity contribution in [2.24, 2.45) is 4.99 Å². The van der Waals surface area contributed by atoms with Gasteiger partial charge in [0.1, 0.15) is 12.6 Å². The Morgan fingerprint density at radius 2 is 2.13 bits per heavy atom. The minimum Gasteiger partial charge on any atom is -0.361 e. The summed E-state index contributed by atoms with van der Waals surface area (Å²) in [6.07, 6.45) is 2.42. The number of aromatic nitrogens is 2. The lowest BCUT2D eigenvalue weighted by molar-refractivity contribution is 0.0864. The molecule has 0 saturated heterocycles. The van der Waals surface area contributed by atoms with Crippen molar-refractivity contribution >= 4 is 19.9 Å². The molecule has 1 aromatic rings. The van der Waals surface area contributed by atoms with Crippen LogP contribution < -0.4 is 0 Å². The fraction of sp³-hybridized carbons (Fsp3) is 0.625. The van der Waals surface area contributed by atoms with Gasteiger partial charge in [-0.15, -0.1) is 0 Å². The molecule has 0 amide bonds. The summed E-state index contributed by atoms with van der Waals surface area (Å²) in [6, 6.07) is 1.06. The van der Waals surface area contributed by atoms with Gasteiger partial charge >= 0.3 is 0 Å². The minimum absolute atomic E-state index is 0.310. The van der Waals surface area contributed by atoms with E-state index in [1.54, 1.807) is 24.0 Å². The Balaban J connectivity index is 2.87. The Hall–Kier alpha value is -1.34. The highest BCUT2D eigenvalue weighted by atomic mass is 28.3. The first-order valence-corrected chi connectivity index (χ1v) is 11.5. The van der Waals surface area contributed by atoms with E-state index in [9.17, 15) is 8.78 Å². The normalized spacial score (nSPS) is 13.5. The second kappa shape index (κ2) is 9.07. The average Bonchev–Trinajstić information content (AvgIpc) is 2.81. The van der Waals surface area contributed by atoms with Crippen molar-refractivity contribution in [1.82, 2.24) is 9.55 Å². The third-order valence-electron chi connectivity index (χ3n) is 3.25. The number of allylic oxidation sites excluding steroid dienone is 2. The van der Waals surface area contributed by atoms with Crippen molar-refractivity contribution in [3.63, 3.8) is 0 Å². The van der Waals surface area contributed by atoms with Crippen molar-refractivity contribution in [3.8, 4) is 0 Å².